The Morgan fingerprint density at radius 1 is 1.37 bits per heavy atom. The van der Waals surface area contributed by atoms with Crippen LogP contribution in [0.4, 0.5) is 4.79 Å². The minimum atomic E-state index is -0.689. The number of carbonyl (C=O) groups excluding carboxylic acids is 3. The van der Waals surface area contributed by atoms with Gasteiger partial charge in [-0.2, -0.15) is 0 Å². The van der Waals surface area contributed by atoms with Gasteiger partial charge in [0.15, 0.2) is 0 Å². The third kappa shape index (κ3) is 5.00. The summed E-state index contributed by atoms with van der Waals surface area (Å²) >= 11 is 0. The van der Waals surface area contributed by atoms with Crippen molar-refractivity contribution in [3.8, 4) is 0 Å². The number of aromatic amines is 1. The number of amides is 3. The Balaban J connectivity index is 2.11. The molecule has 0 bridgehead atoms. The summed E-state index contributed by atoms with van der Waals surface area (Å²) in [6.45, 7) is 6.42. The molecular formula is C18H28N4O5. The lowest BCUT2D eigenvalue weighted by molar-refractivity contribution is -0.0104. The van der Waals surface area contributed by atoms with E-state index in [0.29, 0.717) is 13.0 Å². The molecule has 27 heavy (non-hydrogen) atoms. The molecule has 2 heterocycles. The maximum absolute atomic E-state index is 12.6. The summed E-state index contributed by atoms with van der Waals surface area (Å²) < 4.78 is 10.8. The summed E-state index contributed by atoms with van der Waals surface area (Å²) in [5, 5.41) is 2.81. The Morgan fingerprint density at radius 3 is 2.63 bits per heavy atom. The quantitative estimate of drug-likeness (QED) is 0.685. The lowest BCUT2D eigenvalue weighted by atomic mass is 9.97. The molecule has 0 saturated carbocycles. The number of nitrogens with zero attached hydrogens (tertiary/aromatic N) is 1. The maximum atomic E-state index is 12.6. The van der Waals surface area contributed by atoms with Gasteiger partial charge in [-0.15, -0.1) is 0 Å². The number of likely N-dealkylation sites (tertiary alicyclic amines) is 1. The number of rotatable bonds is 6. The average Bonchev–Trinajstić information content (AvgIpc) is 3.19. The highest BCUT2D eigenvalue weighted by Crippen LogP contribution is 2.31. The number of carbonyl (C=O) groups is 3. The van der Waals surface area contributed by atoms with Crippen molar-refractivity contribution in [3.63, 3.8) is 0 Å². The molecule has 1 aliphatic rings. The minimum absolute atomic E-state index is 0.198. The number of nitrogens with one attached hydrogen (secondary N) is 2. The molecule has 0 radical (unpaired) electrons. The fourth-order valence-electron chi connectivity index (χ4n) is 3.20. The normalized spacial score (nSPS) is 19.8. The molecule has 2 rings (SSSR count). The number of H-pyrrole nitrogens is 1. The number of primary amides is 1. The zero-order valence-corrected chi connectivity index (χ0v) is 16.3. The summed E-state index contributed by atoms with van der Waals surface area (Å²) in [5.41, 5.74) is 4.34. The molecule has 0 aliphatic carbocycles. The Bertz CT molecular complexity index is 709. The van der Waals surface area contributed by atoms with Crippen molar-refractivity contribution in [2.24, 2.45) is 5.73 Å². The largest absolute Gasteiger partial charge is 0.444 e. The van der Waals surface area contributed by atoms with Crippen molar-refractivity contribution < 1.29 is 23.9 Å². The molecular weight excluding hydrogens is 352 g/mol. The van der Waals surface area contributed by atoms with Gasteiger partial charge < -0.3 is 25.5 Å². The monoisotopic (exact) mass is 380 g/mol. The van der Waals surface area contributed by atoms with Gasteiger partial charge in [-0.3, -0.25) is 14.5 Å². The SMILES string of the molecule is COCC1(CNC(=O)c2cc(C(N)=O)c[nH]2)CCCN1C(=O)OC(C)(C)C. The Morgan fingerprint density at radius 2 is 2.07 bits per heavy atom. The van der Waals surface area contributed by atoms with E-state index in [1.54, 1.807) is 12.0 Å². The van der Waals surface area contributed by atoms with E-state index in [1.165, 1.54) is 12.3 Å². The highest BCUT2D eigenvalue weighted by Gasteiger charge is 2.45. The van der Waals surface area contributed by atoms with Crippen LogP contribution in [0.5, 0.6) is 0 Å². The van der Waals surface area contributed by atoms with Crippen molar-refractivity contribution in [2.75, 3.05) is 26.8 Å². The molecule has 150 valence electrons. The van der Waals surface area contributed by atoms with Crippen molar-refractivity contribution in [3.05, 3.63) is 23.5 Å². The number of nitrogens with two attached hydrogens (primary N) is 1. The van der Waals surface area contributed by atoms with E-state index in [0.717, 1.165) is 6.42 Å². The molecule has 9 nitrogen and oxygen atoms in total. The van der Waals surface area contributed by atoms with E-state index in [9.17, 15) is 14.4 Å². The van der Waals surface area contributed by atoms with Gasteiger partial charge in [-0.05, 0) is 39.7 Å². The van der Waals surface area contributed by atoms with E-state index < -0.39 is 29.0 Å². The van der Waals surface area contributed by atoms with Gasteiger partial charge in [0.2, 0.25) is 5.91 Å². The molecule has 4 N–H and O–H groups in total. The van der Waals surface area contributed by atoms with E-state index in [2.05, 4.69) is 10.3 Å². The lowest BCUT2D eigenvalue weighted by Gasteiger charge is -2.38. The smallest absolute Gasteiger partial charge is 0.410 e. The van der Waals surface area contributed by atoms with Crippen molar-refractivity contribution >= 4 is 17.9 Å². The first-order chi connectivity index (χ1) is 12.6. The molecule has 1 atom stereocenters. The first-order valence-electron chi connectivity index (χ1n) is 8.84. The average molecular weight is 380 g/mol. The van der Waals surface area contributed by atoms with Gasteiger partial charge in [0, 0.05) is 26.4 Å². The predicted molar refractivity (Wildman–Crippen MR) is 98.4 cm³/mol. The number of hydrogen-bond donors (Lipinski definition) is 3. The summed E-state index contributed by atoms with van der Waals surface area (Å²) in [6.07, 6.45) is 2.41. The fourth-order valence-corrected chi connectivity index (χ4v) is 3.20. The predicted octanol–water partition coefficient (Wildman–Crippen LogP) is 1.26. The summed E-state index contributed by atoms with van der Waals surface area (Å²) in [4.78, 5) is 40.6. The van der Waals surface area contributed by atoms with Gasteiger partial charge in [0.1, 0.15) is 11.3 Å². The van der Waals surface area contributed by atoms with E-state index in [-0.39, 0.29) is 24.4 Å². The highest BCUT2D eigenvalue weighted by molar-refractivity contribution is 5.98. The van der Waals surface area contributed by atoms with Crippen LogP contribution in [0.15, 0.2) is 12.3 Å². The van der Waals surface area contributed by atoms with Gasteiger partial charge in [0.05, 0.1) is 17.7 Å². The number of hydrogen-bond acceptors (Lipinski definition) is 5. The third-order valence-electron chi connectivity index (χ3n) is 4.41. The van der Waals surface area contributed by atoms with Crippen LogP contribution in [0.1, 0.15) is 54.5 Å². The molecule has 1 unspecified atom stereocenters. The van der Waals surface area contributed by atoms with E-state index >= 15 is 0 Å². The fraction of sp³-hybridized carbons (Fsp3) is 0.611. The van der Waals surface area contributed by atoms with Crippen LogP contribution in [0.2, 0.25) is 0 Å². The number of methoxy groups -OCH3 is 1. The Hall–Kier alpha value is -2.55. The second kappa shape index (κ2) is 7.99. The Kier molecular flexibility index (Phi) is 6.15. The first-order valence-corrected chi connectivity index (χ1v) is 8.84. The van der Waals surface area contributed by atoms with Crippen LogP contribution in [0, 0.1) is 0 Å². The third-order valence-corrected chi connectivity index (χ3v) is 4.41. The van der Waals surface area contributed by atoms with Crippen LogP contribution in [0.3, 0.4) is 0 Å². The molecule has 0 aromatic carbocycles. The molecule has 9 heteroatoms. The molecule has 3 amide bonds. The van der Waals surface area contributed by atoms with Crippen molar-refractivity contribution in [1.82, 2.24) is 15.2 Å². The van der Waals surface area contributed by atoms with Gasteiger partial charge in [-0.25, -0.2) is 4.79 Å². The summed E-state index contributed by atoms with van der Waals surface area (Å²) in [7, 11) is 1.55. The highest BCUT2D eigenvalue weighted by atomic mass is 16.6. The lowest BCUT2D eigenvalue weighted by Crippen LogP contribution is -2.57. The molecule has 0 spiro atoms. The van der Waals surface area contributed by atoms with Crippen molar-refractivity contribution in [1.29, 1.82) is 0 Å². The van der Waals surface area contributed by atoms with Crippen LogP contribution in [-0.4, -0.2) is 65.7 Å². The first kappa shape index (κ1) is 20.8. The summed E-state index contributed by atoms with van der Waals surface area (Å²) in [5.74, 6) is -1.01. The van der Waals surface area contributed by atoms with Gasteiger partial charge in [0.25, 0.3) is 5.91 Å². The summed E-state index contributed by atoms with van der Waals surface area (Å²) in [6, 6.07) is 1.39. The van der Waals surface area contributed by atoms with Gasteiger partial charge in [-0.1, -0.05) is 0 Å². The maximum Gasteiger partial charge on any atom is 0.410 e. The van der Waals surface area contributed by atoms with Crippen LogP contribution in [0.25, 0.3) is 0 Å². The minimum Gasteiger partial charge on any atom is -0.444 e. The molecule has 1 aromatic heterocycles. The molecule has 1 aliphatic heterocycles. The van der Waals surface area contributed by atoms with Gasteiger partial charge >= 0.3 is 6.09 Å². The number of aromatic nitrogens is 1. The topological polar surface area (TPSA) is 127 Å². The van der Waals surface area contributed by atoms with E-state index in [4.69, 9.17) is 15.2 Å². The molecule has 1 fully saturated rings. The number of ether oxygens (including phenoxy) is 2. The second-order valence-corrected chi connectivity index (χ2v) is 7.74. The molecule has 1 aromatic rings. The van der Waals surface area contributed by atoms with Crippen molar-refractivity contribution in [2.45, 2.75) is 44.8 Å². The second-order valence-electron chi connectivity index (χ2n) is 7.74. The van der Waals surface area contributed by atoms with E-state index in [1.807, 2.05) is 20.8 Å². The van der Waals surface area contributed by atoms with Crippen LogP contribution < -0.4 is 11.1 Å². The van der Waals surface area contributed by atoms with Crippen LogP contribution >= 0.6 is 0 Å². The van der Waals surface area contributed by atoms with Crippen LogP contribution in [-0.2, 0) is 9.47 Å². The molecule has 1 saturated heterocycles. The zero-order valence-electron chi connectivity index (χ0n) is 16.3. The zero-order chi connectivity index (χ0) is 20.2. The standard InChI is InChI=1S/C18H28N4O5/c1-17(2,3)27-16(25)22-7-5-6-18(22,11-26-4)10-21-15(24)13-8-12(9-20-13)14(19)23/h8-9,20H,5-7,10-11H2,1-4H3,(H2,19,23)(H,21,24). The Labute approximate surface area is 158 Å².